The van der Waals surface area contributed by atoms with Gasteiger partial charge < -0.3 is 10.2 Å². The minimum absolute atomic E-state index is 0.0201. The zero-order valence-electron chi connectivity index (χ0n) is 13.9. The molecule has 2 aromatic heterocycles. The average Bonchev–Trinajstić information content (AvgIpc) is 3.13. The fourth-order valence-electron chi connectivity index (χ4n) is 3.21. The second-order valence-electron chi connectivity index (χ2n) is 5.91. The fourth-order valence-corrected chi connectivity index (χ4v) is 3.51. The molecular formula is C16H21ClN6O. The standard InChI is InChI=1S/C16H21ClN6O/c1-11-14(15(17)22(2)21-11)12-5-3-10-23(12)13(24)6-9-20-16-18-7-4-8-19-16/h4,7-8,12H,3,5-6,9-10H2,1-2H3,(H,18,19,20)/t12-/m0/s1. The smallest absolute Gasteiger partial charge is 0.224 e. The number of nitrogens with zero attached hydrogens (tertiary/aromatic N) is 5. The van der Waals surface area contributed by atoms with Crippen molar-refractivity contribution in [2.24, 2.45) is 7.05 Å². The van der Waals surface area contributed by atoms with Crippen molar-refractivity contribution in [3.8, 4) is 0 Å². The van der Waals surface area contributed by atoms with Crippen LogP contribution in [-0.4, -0.2) is 43.6 Å². The molecule has 1 amide bonds. The molecule has 1 saturated heterocycles. The Morgan fingerprint density at radius 1 is 1.42 bits per heavy atom. The van der Waals surface area contributed by atoms with Gasteiger partial charge >= 0.3 is 0 Å². The third-order valence-corrected chi connectivity index (χ3v) is 4.74. The van der Waals surface area contributed by atoms with Crippen molar-refractivity contribution in [3.63, 3.8) is 0 Å². The number of halogens is 1. The van der Waals surface area contributed by atoms with Gasteiger partial charge in [-0.3, -0.25) is 9.48 Å². The first-order valence-corrected chi connectivity index (χ1v) is 8.45. The van der Waals surface area contributed by atoms with Crippen molar-refractivity contribution in [1.29, 1.82) is 0 Å². The van der Waals surface area contributed by atoms with Crippen LogP contribution in [0.3, 0.4) is 0 Å². The van der Waals surface area contributed by atoms with E-state index in [4.69, 9.17) is 11.6 Å². The minimum Gasteiger partial charge on any atom is -0.354 e. The summed E-state index contributed by atoms with van der Waals surface area (Å²) in [6, 6.07) is 1.78. The van der Waals surface area contributed by atoms with Crippen molar-refractivity contribution in [1.82, 2.24) is 24.6 Å². The van der Waals surface area contributed by atoms with Crippen molar-refractivity contribution in [3.05, 3.63) is 34.9 Å². The van der Waals surface area contributed by atoms with Crippen LogP contribution in [0.5, 0.6) is 0 Å². The number of aromatic nitrogens is 4. The third-order valence-electron chi connectivity index (χ3n) is 4.29. The fraction of sp³-hybridized carbons (Fsp3) is 0.500. The number of likely N-dealkylation sites (tertiary alicyclic amines) is 1. The number of amides is 1. The van der Waals surface area contributed by atoms with E-state index in [1.54, 1.807) is 23.1 Å². The van der Waals surface area contributed by atoms with Gasteiger partial charge in [-0.05, 0) is 25.8 Å². The number of rotatable bonds is 5. The summed E-state index contributed by atoms with van der Waals surface area (Å²) in [6.45, 7) is 3.21. The van der Waals surface area contributed by atoms with Crippen LogP contribution in [0.2, 0.25) is 5.15 Å². The monoisotopic (exact) mass is 348 g/mol. The quantitative estimate of drug-likeness (QED) is 0.897. The highest BCUT2D eigenvalue weighted by atomic mass is 35.5. The number of hydrogen-bond acceptors (Lipinski definition) is 5. The molecule has 0 aromatic carbocycles. The van der Waals surface area contributed by atoms with Crippen molar-refractivity contribution >= 4 is 23.5 Å². The Hall–Kier alpha value is -2.15. The molecule has 1 aliphatic heterocycles. The molecule has 128 valence electrons. The van der Waals surface area contributed by atoms with Crippen LogP contribution < -0.4 is 5.32 Å². The first-order chi connectivity index (χ1) is 11.6. The molecule has 1 aliphatic rings. The maximum atomic E-state index is 12.6. The van der Waals surface area contributed by atoms with Crippen molar-refractivity contribution in [2.75, 3.05) is 18.4 Å². The Labute approximate surface area is 146 Å². The van der Waals surface area contributed by atoms with Gasteiger partial charge in [0.15, 0.2) is 0 Å². The Morgan fingerprint density at radius 3 is 2.83 bits per heavy atom. The maximum absolute atomic E-state index is 12.6. The molecule has 0 radical (unpaired) electrons. The van der Waals surface area contributed by atoms with Gasteiger partial charge in [0, 0.05) is 44.5 Å². The molecule has 0 aliphatic carbocycles. The summed E-state index contributed by atoms with van der Waals surface area (Å²) in [5.41, 5.74) is 1.87. The summed E-state index contributed by atoms with van der Waals surface area (Å²) in [7, 11) is 1.82. The summed E-state index contributed by atoms with van der Waals surface area (Å²) in [6.07, 6.45) is 5.64. The van der Waals surface area contributed by atoms with Gasteiger partial charge in [-0.2, -0.15) is 5.10 Å². The van der Waals surface area contributed by atoms with Crippen LogP contribution in [-0.2, 0) is 11.8 Å². The highest BCUT2D eigenvalue weighted by Crippen LogP contribution is 2.37. The predicted molar refractivity (Wildman–Crippen MR) is 91.8 cm³/mol. The number of nitrogens with one attached hydrogen (secondary N) is 1. The first-order valence-electron chi connectivity index (χ1n) is 8.07. The van der Waals surface area contributed by atoms with Gasteiger partial charge in [0.25, 0.3) is 0 Å². The molecule has 3 heterocycles. The minimum atomic E-state index is 0.0201. The Bertz CT molecular complexity index is 717. The molecule has 24 heavy (non-hydrogen) atoms. The van der Waals surface area contributed by atoms with Gasteiger partial charge in [-0.25, -0.2) is 9.97 Å². The Morgan fingerprint density at radius 2 is 2.17 bits per heavy atom. The number of hydrogen-bond donors (Lipinski definition) is 1. The van der Waals surface area contributed by atoms with E-state index in [1.165, 1.54) is 0 Å². The highest BCUT2D eigenvalue weighted by Gasteiger charge is 2.33. The molecule has 3 rings (SSSR count). The molecule has 8 heteroatoms. The number of aryl methyl sites for hydroxylation is 2. The lowest BCUT2D eigenvalue weighted by molar-refractivity contribution is -0.131. The normalized spacial score (nSPS) is 17.3. The topological polar surface area (TPSA) is 75.9 Å². The number of carbonyl (C=O) groups is 1. The van der Waals surface area contributed by atoms with Gasteiger partial charge in [0.05, 0.1) is 11.7 Å². The van der Waals surface area contributed by atoms with E-state index in [1.807, 2.05) is 18.9 Å². The van der Waals surface area contributed by atoms with Crippen LogP contribution in [0.4, 0.5) is 5.95 Å². The molecular weight excluding hydrogens is 328 g/mol. The van der Waals surface area contributed by atoms with E-state index in [9.17, 15) is 4.79 Å². The first kappa shape index (κ1) is 16.7. The summed E-state index contributed by atoms with van der Waals surface area (Å²) >= 11 is 6.38. The second-order valence-corrected chi connectivity index (χ2v) is 6.27. The molecule has 0 unspecified atom stereocenters. The number of carbonyl (C=O) groups excluding carboxylic acids is 1. The molecule has 1 N–H and O–H groups in total. The zero-order valence-corrected chi connectivity index (χ0v) is 14.6. The van der Waals surface area contributed by atoms with Crippen molar-refractivity contribution < 1.29 is 4.79 Å². The van der Waals surface area contributed by atoms with Crippen LogP contribution >= 0.6 is 11.6 Å². The van der Waals surface area contributed by atoms with Crippen LogP contribution in [0.25, 0.3) is 0 Å². The molecule has 7 nitrogen and oxygen atoms in total. The van der Waals surface area contributed by atoms with E-state index in [0.29, 0.717) is 24.1 Å². The van der Waals surface area contributed by atoms with Gasteiger partial charge in [0.2, 0.25) is 11.9 Å². The molecule has 1 fully saturated rings. The van der Waals surface area contributed by atoms with E-state index in [2.05, 4.69) is 20.4 Å². The van der Waals surface area contributed by atoms with Gasteiger partial charge in [-0.15, -0.1) is 0 Å². The van der Waals surface area contributed by atoms with E-state index >= 15 is 0 Å². The van der Waals surface area contributed by atoms with E-state index in [0.717, 1.165) is 30.6 Å². The van der Waals surface area contributed by atoms with Crippen molar-refractivity contribution in [2.45, 2.75) is 32.2 Å². The van der Waals surface area contributed by atoms with E-state index in [-0.39, 0.29) is 11.9 Å². The Kier molecular flexibility index (Phi) is 4.99. The SMILES string of the molecule is Cc1nn(C)c(Cl)c1[C@@H]1CCCN1C(=O)CCNc1ncccn1. The van der Waals surface area contributed by atoms with Crippen LogP contribution in [0.15, 0.2) is 18.5 Å². The van der Waals surface area contributed by atoms with Crippen LogP contribution in [0, 0.1) is 6.92 Å². The Balaban J connectivity index is 1.63. The zero-order chi connectivity index (χ0) is 17.1. The molecule has 2 aromatic rings. The maximum Gasteiger partial charge on any atom is 0.224 e. The van der Waals surface area contributed by atoms with Gasteiger partial charge in [0.1, 0.15) is 5.15 Å². The summed E-state index contributed by atoms with van der Waals surface area (Å²) in [4.78, 5) is 22.7. The predicted octanol–water partition coefficient (Wildman–Crippen LogP) is 2.34. The average molecular weight is 349 g/mol. The second kappa shape index (κ2) is 7.17. The summed E-state index contributed by atoms with van der Waals surface area (Å²) in [5, 5.41) is 8.06. The third kappa shape index (κ3) is 3.36. The molecule has 1 atom stereocenters. The molecule has 0 spiro atoms. The van der Waals surface area contributed by atoms with E-state index < -0.39 is 0 Å². The van der Waals surface area contributed by atoms with Crippen LogP contribution in [0.1, 0.15) is 36.6 Å². The lowest BCUT2D eigenvalue weighted by Crippen LogP contribution is -2.32. The number of anilines is 1. The molecule has 0 bridgehead atoms. The highest BCUT2D eigenvalue weighted by molar-refractivity contribution is 6.30. The van der Waals surface area contributed by atoms with Gasteiger partial charge in [-0.1, -0.05) is 11.6 Å². The lowest BCUT2D eigenvalue weighted by Gasteiger charge is -2.25. The molecule has 0 saturated carbocycles. The summed E-state index contributed by atoms with van der Waals surface area (Å²) in [5.74, 6) is 0.648. The lowest BCUT2D eigenvalue weighted by atomic mass is 10.1. The summed E-state index contributed by atoms with van der Waals surface area (Å²) < 4.78 is 1.67. The largest absolute Gasteiger partial charge is 0.354 e.